The van der Waals surface area contributed by atoms with Gasteiger partial charge in [0.25, 0.3) is 0 Å². The SMILES string of the molecule is OC(Cn1cncn1)(Cn1cncn1)C(F)(F)C(F)(F)F. The zero-order chi connectivity index (χ0) is 15.7. The summed E-state index contributed by atoms with van der Waals surface area (Å²) in [6.45, 7) is -2.25. The third kappa shape index (κ3) is 2.84. The summed E-state index contributed by atoms with van der Waals surface area (Å²) in [6, 6.07) is 0. The van der Waals surface area contributed by atoms with Gasteiger partial charge in [-0.05, 0) is 0 Å². The largest absolute Gasteiger partial charge is 0.456 e. The van der Waals surface area contributed by atoms with E-state index in [4.69, 9.17) is 0 Å². The van der Waals surface area contributed by atoms with Crippen LogP contribution in [0.4, 0.5) is 22.0 Å². The van der Waals surface area contributed by atoms with Crippen LogP contribution in [0, 0.1) is 0 Å². The first-order valence-corrected chi connectivity index (χ1v) is 5.47. The maximum atomic E-state index is 13.7. The highest BCUT2D eigenvalue weighted by molar-refractivity contribution is 4.97. The monoisotopic (exact) mass is 312 g/mol. The molecule has 116 valence electrons. The highest BCUT2D eigenvalue weighted by Crippen LogP contribution is 2.44. The minimum Gasteiger partial charge on any atom is -0.380 e. The maximum absolute atomic E-state index is 13.7. The number of rotatable bonds is 5. The summed E-state index contributed by atoms with van der Waals surface area (Å²) >= 11 is 0. The van der Waals surface area contributed by atoms with Crippen molar-refractivity contribution in [2.45, 2.75) is 30.8 Å². The molecule has 0 aromatic carbocycles. The van der Waals surface area contributed by atoms with Crippen molar-refractivity contribution in [3.8, 4) is 0 Å². The van der Waals surface area contributed by atoms with Crippen LogP contribution in [0.1, 0.15) is 0 Å². The molecule has 0 bridgehead atoms. The van der Waals surface area contributed by atoms with Crippen LogP contribution in [0.2, 0.25) is 0 Å². The molecule has 0 atom stereocenters. The van der Waals surface area contributed by atoms with E-state index in [0.29, 0.717) is 9.36 Å². The molecule has 0 amide bonds. The fourth-order valence-corrected chi connectivity index (χ4v) is 1.68. The topological polar surface area (TPSA) is 81.6 Å². The average Bonchev–Trinajstić information content (AvgIpc) is 3.00. The Hall–Kier alpha value is -2.11. The number of aromatic nitrogens is 6. The van der Waals surface area contributed by atoms with Gasteiger partial charge in [-0.3, -0.25) is 0 Å². The molecule has 0 unspecified atom stereocenters. The van der Waals surface area contributed by atoms with Gasteiger partial charge in [0.1, 0.15) is 25.3 Å². The van der Waals surface area contributed by atoms with Crippen molar-refractivity contribution in [3.63, 3.8) is 0 Å². The Bertz CT molecular complexity index is 530. The molecule has 0 saturated heterocycles. The summed E-state index contributed by atoms with van der Waals surface area (Å²) in [6.07, 6.45) is -2.22. The van der Waals surface area contributed by atoms with E-state index >= 15 is 0 Å². The van der Waals surface area contributed by atoms with Gasteiger partial charge in [-0.15, -0.1) is 0 Å². The van der Waals surface area contributed by atoms with Crippen LogP contribution in [0.25, 0.3) is 0 Å². The Kier molecular flexibility index (Phi) is 3.65. The van der Waals surface area contributed by atoms with E-state index < -0.39 is 30.8 Å². The van der Waals surface area contributed by atoms with Crippen LogP contribution in [-0.4, -0.2) is 52.3 Å². The molecule has 7 nitrogen and oxygen atoms in total. The smallest absolute Gasteiger partial charge is 0.380 e. The summed E-state index contributed by atoms with van der Waals surface area (Å²) in [5.74, 6) is -5.39. The lowest BCUT2D eigenvalue weighted by molar-refractivity contribution is -0.347. The first kappa shape index (κ1) is 15.3. The summed E-state index contributed by atoms with van der Waals surface area (Å²) in [4.78, 5) is 6.85. The van der Waals surface area contributed by atoms with Crippen LogP contribution >= 0.6 is 0 Å². The molecular formula is C9H9F5N6O. The number of hydrogen-bond acceptors (Lipinski definition) is 5. The number of halogens is 5. The molecule has 0 radical (unpaired) electrons. The van der Waals surface area contributed by atoms with Crippen molar-refractivity contribution in [1.29, 1.82) is 0 Å². The van der Waals surface area contributed by atoms with Crippen molar-refractivity contribution >= 4 is 0 Å². The second-order valence-electron chi connectivity index (χ2n) is 4.29. The average molecular weight is 312 g/mol. The van der Waals surface area contributed by atoms with E-state index in [-0.39, 0.29) is 0 Å². The number of aliphatic hydroxyl groups is 1. The fourth-order valence-electron chi connectivity index (χ4n) is 1.68. The normalized spacial score (nSPS) is 13.6. The molecule has 0 fully saturated rings. The second kappa shape index (κ2) is 5.02. The molecule has 12 heteroatoms. The Morgan fingerprint density at radius 2 is 1.29 bits per heavy atom. The van der Waals surface area contributed by atoms with Crippen LogP contribution < -0.4 is 0 Å². The molecule has 2 rings (SSSR count). The number of nitrogens with zero attached hydrogens (tertiary/aromatic N) is 6. The molecule has 0 aliphatic carbocycles. The first-order chi connectivity index (χ1) is 9.66. The van der Waals surface area contributed by atoms with Crippen molar-refractivity contribution in [2.24, 2.45) is 0 Å². The molecule has 2 heterocycles. The first-order valence-electron chi connectivity index (χ1n) is 5.47. The van der Waals surface area contributed by atoms with E-state index in [0.717, 1.165) is 25.3 Å². The summed E-state index contributed by atoms with van der Waals surface area (Å²) in [5.41, 5.74) is -3.51. The van der Waals surface area contributed by atoms with Gasteiger partial charge in [0.05, 0.1) is 13.1 Å². The van der Waals surface area contributed by atoms with E-state index in [2.05, 4.69) is 20.2 Å². The standard InChI is InChI=1S/C9H9F5N6O/c10-8(11,9(12,13)14)7(21,1-19-5-15-3-17-19)2-20-6-16-4-18-20/h3-6,21H,1-2H2. The summed E-state index contributed by atoms with van der Waals surface area (Å²) < 4.78 is 66.4. The van der Waals surface area contributed by atoms with E-state index in [1.165, 1.54) is 0 Å². The van der Waals surface area contributed by atoms with Gasteiger partial charge in [-0.1, -0.05) is 0 Å². The van der Waals surface area contributed by atoms with Gasteiger partial charge < -0.3 is 5.11 Å². The van der Waals surface area contributed by atoms with Crippen LogP contribution in [0.3, 0.4) is 0 Å². The Labute approximate surface area is 114 Å². The lowest BCUT2D eigenvalue weighted by Crippen LogP contribution is -2.61. The molecule has 0 saturated carbocycles. The van der Waals surface area contributed by atoms with Crippen molar-refractivity contribution in [1.82, 2.24) is 29.5 Å². The van der Waals surface area contributed by atoms with E-state index in [9.17, 15) is 27.1 Å². The highest BCUT2D eigenvalue weighted by atomic mass is 19.4. The second-order valence-corrected chi connectivity index (χ2v) is 4.29. The lowest BCUT2D eigenvalue weighted by Gasteiger charge is -2.36. The molecule has 2 aromatic heterocycles. The number of alkyl halides is 5. The van der Waals surface area contributed by atoms with E-state index in [1.54, 1.807) is 0 Å². The van der Waals surface area contributed by atoms with Crippen LogP contribution in [0.5, 0.6) is 0 Å². The van der Waals surface area contributed by atoms with Crippen molar-refractivity contribution < 1.29 is 27.1 Å². The fraction of sp³-hybridized carbons (Fsp3) is 0.556. The molecule has 0 aliphatic heterocycles. The third-order valence-corrected chi connectivity index (χ3v) is 2.72. The van der Waals surface area contributed by atoms with E-state index in [1.807, 2.05) is 0 Å². The molecule has 0 spiro atoms. The van der Waals surface area contributed by atoms with Gasteiger partial charge in [-0.25, -0.2) is 19.3 Å². The van der Waals surface area contributed by atoms with Gasteiger partial charge >= 0.3 is 12.1 Å². The van der Waals surface area contributed by atoms with Crippen LogP contribution in [0.15, 0.2) is 25.3 Å². The Balaban J connectivity index is 2.37. The zero-order valence-electron chi connectivity index (χ0n) is 10.2. The minimum absolute atomic E-state index is 0.677. The van der Waals surface area contributed by atoms with Crippen LogP contribution in [-0.2, 0) is 13.1 Å². The van der Waals surface area contributed by atoms with Gasteiger partial charge in [0.2, 0.25) is 0 Å². The number of hydrogen-bond donors (Lipinski definition) is 1. The van der Waals surface area contributed by atoms with Gasteiger partial charge in [0.15, 0.2) is 5.60 Å². The zero-order valence-corrected chi connectivity index (χ0v) is 10.2. The minimum atomic E-state index is -5.94. The quantitative estimate of drug-likeness (QED) is 0.813. The predicted molar refractivity (Wildman–Crippen MR) is 56.0 cm³/mol. The molecular weight excluding hydrogens is 303 g/mol. The Morgan fingerprint density at radius 1 is 0.857 bits per heavy atom. The molecule has 2 aromatic rings. The predicted octanol–water partition coefficient (Wildman–Crippen LogP) is 0.498. The maximum Gasteiger partial charge on any atom is 0.456 e. The summed E-state index contributed by atoms with van der Waals surface area (Å²) in [7, 11) is 0. The lowest BCUT2D eigenvalue weighted by atomic mass is 9.94. The van der Waals surface area contributed by atoms with Crippen molar-refractivity contribution in [3.05, 3.63) is 25.3 Å². The molecule has 0 aliphatic rings. The molecule has 1 N–H and O–H groups in total. The third-order valence-electron chi connectivity index (χ3n) is 2.72. The molecule has 21 heavy (non-hydrogen) atoms. The van der Waals surface area contributed by atoms with Gasteiger partial charge in [-0.2, -0.15) is 32.1 Å². The highest BCUT2D eigenvalue weighted by Gasteiger charge is 2.70. The summed E-state index contributed by atoms with van der Waals surface area (Å²) in [5, 5.41) is 16.8. The van der Waals surface area contributed by atoms with Crippen molar-refractivity contribution in [2.75, 3.05) is 0 Å². The van der Waals surface area contributed by atoms with Gasteiger partial charge in [0, 0.05) is 0 Å². The Morgan fingerprint density at radius 3 is 1.57 bits per heavy atom.